The van der Waals surface area contributed by atoms with Gasteiger partial charge in [-0.3, -0.25) is 15.0 Å². The molecule has 2 aliphatic rings. The van der Waals surface area contributed by atoms with Crippen LogP contribution < -0.4 is 5.73 Å². The number of β-amino-alcohol motifs (C(OH)–C–C–N with tert-alkyl or cyclic N) is 1. The van der Waals surface area contributed by atoms with Crippen molar-refractivity contribution in [3.63, 3.8) is 0 Å². The van der Waals surface area contributed by atoms with Gasteiger partial charge < -0.3 is 30.5 Å². The summed E-state index contributed by atoms with van der Waals surface area (Å²) in [6.07, 6.45) is 0.224. The Bertz CT molecular complexity index is 819. The van der Waals surface area contributed by atoms with Gasteiger partial charge in [-0.1, -0.05) is 12.1 Å². The van der Waals surface area contributed by atoms with E-state index in [-0.39, 0.29) is 43.3 Å². The van der Waals surface area contributed by atoms with E-state index in [4.69, 9.17) is 21.0 Å². The number of aliphatic hydroxyl groups is 1. The Morgan fingerprint density at radius 2 is 1.73 bits per heavy atom. The first kappa shape index (κ1) is 21.7. The number of piperidine rings is 1. The SMILES string of the molecule is N=C(N)c1ccc(C(=O)N2C[C@H](O)C[C@@H]2C(=O)N2CCC(OCC(=O)O)CC2)cc1. The summed E-state index contributed by atoms with van der Waals surface area (Å²) in [7, 11) is 0. The number of nitrogens with one attached hydrogen (secondary N) is 1. The summed E-state index contributed by atoms with van der Waals surface area (Å²) in [5, 5.41) is 26.2. The highest BCUT2D eigenvalue weighted by molar-refractivity contribution is 6.00. The van der Waals surface area contributed by atoms with Crippen molar-refractivity contribution in [1.29, 1.82) is 5.41 Å². The summed E-state index contributed by atoms with van der Waals surface area (Å²) < 4.78 is 5.29. The van der Waals surface area contributed by atoms with Crippen molar-refractivity contribution in [2.75, 3.05) is 26.2 Å². The molecule has 0 unspecified atom stereocenters. The molecule has 2 saturated heterocycles. The van der Waals surface area contributed by atoms with Crippen LogP contribution in [-0.2, 0) is 14.3 Å². The number of hydrogen-bond acceptors (Lipinski definition) is 6. The zero-order valence-corrected chi connectivity index (χ0v) is 16.5. The Morgan fingerprint density at radius 3 is 2.30 bits per heavy atom. The molecule has 2 heterocycles. The van der Waals surface area contributed by atoms with Crippen LogP contribution in [0.4, 0.5) is 0 Å². The zero-order chi connectivity index (χ0) is 21.8. The topological polar surface area (TPSA) is 157 Å². The van der Waals surface area contributed by atoms with Crippen molar-refractivity contribution in [3.05, 3.63) is 35.4 Å². The Morgan fingerprint density at radius 1 is 1.13 bits per heavy atom. The minimum Gasteiger partial charge on any atom is -0.480 e. The lowest BCUT2D eigenvalue weighted by molar-refractivity contribution is -0.147. The molecule has 10 heteroatoms. The molecule has 2 amide bonds. The summed E-state index contributed by atoms with van der Waals surface area (Å²) in [5.74, 6) is -1.72. The number of aliphatic carboxylic acids is 1. The van der Waals surface area contributed by atoms with Gasteiger partial charge in [0.2, 0.25) is 5.91 Å². The fourth-order valence-electron chi connectivity index (χ4n) is 3.87. The van der Waals surface area contributed by atoms with Crippen LogP contribution in [0.25, 0.3) is 0 Å². The maximum atomic E-state index is 13.0. The summed E-state index contributed by atoms with van der Waals surface area (Å²) in [5.41, 5.74) is 6.28. The second-order valence-corrected chi connectivity index (χ2v) is 7.58. The Hall–Kier alpha value is -2.98. The number of aliphatic hydroxyl groups excluding tert-OH is 1. The number of nitrogens with two attached hydrogens (primary N) is 1. The van der Waals surface area contributed by atoms with Crippen molar-refractivity contribution in [2.45, 2.75) is 37.5 Å². The molecule has 0 aliphatic carbocycles. The third kappa shape index (κ3) is 4.95. The molecule has 2 atom stereocenters. The maximum absolute atomic E-state index is 13.0. The Labute approximate surface area is 173 Å². The van der Waals surface area contributed by atoms with E-state index >= 15 is 0 Å². The van der Waals surface area contributed by atoms with Crippen molar-refractivity contribution in [3.8, 4) is 0 Å². The molecule has 0 bridgehead atoms. The third-order valence-electron chi connectivity index (χ3n) is 5.46. The molecule has 2 fully saturated rings. The minimum atomic E-state index is -1.03. The fourth-order valence-corrected chi connectivity index (χ4v) is 3.87. The molecular formula is C20H26N4O6. The maximum Gasteiger partial charge on any atom is 0.329 e. The van der Waals surface area contributed by atoms with Crippen LogP contribution in [0, 0.1) is 5.41 Å². The summed E-state index contributed by atoms with van der Waals surface area (Å²) in [4.78, 5) is 39.7. The summed E-state index contributed by atoms with van der Waals surface area (Å²) in [6, 6.07) is 5.49. The van der Waals surface area contributed by atoms with Crippen LogP contribution in [0.5, 0.6) is 0 Å². The van der Waals surface area contributed by atoms with Crippen LogP contribution in [0.15, 0.2) is 24.3 Å². The Balaban J connectivity index is 1.64. The first-order chi connectivity index (χ1) is 14.3. The number of rotatable bonds is 6. The second kappa shape index (κ2) is 9.23. The van der Waals surface area contributed by atoms with Crippen LogP contribution in [0.3, 0.4) is 0 Å². The number of ether oxygens (including phenoxy) is 1. The Kier molecular flexibility index (Phi) is 6.68. The molecule has 0 radical (unpaired) electrons. The van der Waals surface area contributed by atoms with Crippen molar-refractivity contribution < 1.29 is 29.3 Å². The van der Waals surface area contributed by atoms with E-state index in [0.717, 1.165) is 0 Å². The van der Waals surface area contributed by atoms with Gasteiger partial charge in [-0.25, -0.2) is 4.79 Å². The number of carbonyl (C=O) groups is 3. The number of benzene rings is 1. The van der Waals surface area contributed by atoms with Gasteiger partial charge in [-0.15, -0.1) is 0 Å². The van der Waals surface area contributed by atoms with Crippen LogP contribution >= 0.6 is 0 Å². The van der Waals surface area contributed by atoms with Gasteiger partial charge in [-0.2, -0.15) is 0 Å². The van der Waals surface area contributed by atoms with Gasteiger partial charge in [0.1, 0.15) is 18.5 Å². The van der Waals surface area contributed by atoms with E-state index in [1.54, 1.807) is 29.2 Å². The molecule has 30 heavy (non-hydrogen) atoms. The molecule has 10 nitrogen and oxygen atoms in total. The highest BCUT2D eigenvalue weighted by Crippen LogP contribution is 2.24. The van der Waals surface area contributed by atoms with Crippen molar-refractivity contribution >= 4 is 23.6 Å². The highest BCUT2D eigenvalue weighted by atomic mass is 16.5. The number of amides is 2. The molecule has 0 saturated carbocycles. The normalized spacial score (nSPS) is 22.2. The lowest BCUT2D eigenvalue weighted by Gasteiger charge is -2.35. The lowest BCUT2D eigenvalue weighted by Crippen LogP contribution is -2.50. The highest BCUT2D eigenvalue weighted by Gasteiger charge is 2.41. The average molecular weight is 418 g/mol. The molecule has 0 spiro atoms. The van der Waals surface area contributed by atoms with E-state index in [2.05, 4.69) is 0 Å². The molecule has 162 valence electrons. The summed E-state index contributed by atoms with van der Waals surface area (Å²) in [6.45, 7) is 0.524. The van der Waals surface area contributed by atoms with Gasteiger partial charge in [0.25, 0.3) is 5.91 Å². The van der Waals surface area contributed by atoms with Gasteiger partial charge in [0.15, 0.2) is 0 Å². The lowest BCUT2D eigenvalue weighted by atomic mass is 10.0. The number of carboxylic acid groups (broad SMARTS) is 1. The largest absolute Gasteiger partial charge is 0.480 e. The minimum absolute atomic E-state index is 0.0713. The number of amidine groups is 1. The van der Waals surface area contributed by atoms with Crippen LogP contribution in [0.2, 0.25) is 0 Å². The smallest absolute Gasteiger partial charge is 0.329 e. The average Bonchev–Trinajstić information content (AvgIpc) is 3.13. The second-order valence-electron chi connectivity index (χ2n) is 7.58. The number of carboxylic acids is 1. The van der Waals surface area contributed by atoms with E-state index in [1.807, 2.05) is 0 Å². The zero-order valence-electron chi connectivity index (χ0n) is 16.5. The van der Waals surface area contributed by atoms with E-state index in [0.29, 0.717) is 37.1 Å². The van der Waals surface area contributed by atoms with E-state index in [9.17, 15) is 19.5 Å². The van der Waals surface area contributed by atoms with E-state index in [1.165, 1.54) is 4.90 Å². The van der Waals surface area contributed by atoms with Crippen LogP contribution in [0.1, 0.15) is 35.2 Å². The van der Waals surface area contributed by atoms with Gasteiger partial charge >= 0.3 is 5.97 Å². The fraction of sp³-hybridized carbons (Fsp3) is 0.500. The molecule has 1 aromatic rings. The number of hydrogen-bond donors (Lipinski definition) is 4. The predicted molar refractivity (Wildman–Crippen MR) is 106 cm³/mol. The molecule has 3 rings (SSSR count). The first-order valence-electron chi connectivity index (χ1n) is 9.82. The van der Waals surface area contributed by atoms with Crippen molar-refractivity contribution in [1.82, 2.24) is 9.80 Å². The molecule has 5 N–H and O–H groups in total. The number of nitrogen functional groups attached to an aromatic ring is 1. The molecule has 2 aliphatic heterocycles. The van der Waals surface area contributed by atoms with Gasteiger partial charge in [-0.05, 0) is 25.0 Å². The van der Waals surface area contributed by atoms with Crippen LogP contribution in [-0.4, -0.2) is 88.1 Å². The van der Waals surface area contributed by atoms with E-state index < -0.39 is 18.1 Å². The number of likely N-dealkylation sites (tertiary alicyclic amines) is 2. The quantitative estimate of drug-likeness (QED) is 0.363. The molecule has 0 aromatic heterocycles. The van der Waals surface area contributed by atoms with Crippen molar-refractivity contribution in [2.24, 2.45) is 5.73 Å². The predicted octanol–water partition coefficient (Wildman–Crippen LogP) is -0.362. The van der Waals surface area contributed by atoms with Gasteiger partial charge in [0, 0.05) is 37.2 Å². The third-order valence-corrected chi connectivity index (χ3v) is 5.46. The number of nitrogens with zero attached hydrogens (tertiary/aromatic N) is 2. The first-order valence-corrected chi connectivity index (χ1v) is 9.82. The summed E-state index contributed by atoms with van der Waals surface area (Å²) >= 11 is 0. The monoisotopic (exact) mass is 418 g/mol. The van der Waals surface area contributed by atoms with Gasteiger partial charge in [0.05, 0.1) is 12.2 Å². The molecule has 1 aromatic carbocycles. The number of carbonyl (C=O) groups excluding carboxylic acids is 2. The standard InChI is InChI=1S/C20H26N4O6/c21-18(22)12-1-3-13(4-2-12)19(28)24-10-14(25)9-16(24)20(29)23-7-5-15(6-8-23)30-11-17(26)27/h1-4,14-16,25H,5-11H2,(H3,21,22)(H,26,27)/t14-,16-/m1/s1. The molecular weight excluding hydrogens is 392 g/mol.